The summed E-state index contributed by atoms with van der Waals surface area (Å²) in [5.74, 6) is -1.73. The molecule has 0 saturated carbocycles. The molecule has 0 aliphatic rings. The summed E-state index contributed by atoms with van der Waals surface area (Å²) < 4.78 is 0. The molecule has 0 aromatic heterocycles. The minimum Gasteiger partial charge on any atom is -0.480 e. The number of halogens is 1. The number of amides is 2. The Kier molecular flexibility index (Phi) is 7.63. The summed E-state index contributed by atoms with van der Waals surface area (Å²) in [5, 5.41) is 12.1. The summed E-state index contributed by atoms with van der Waals surface area (Å²) in [6.45, 7) is 9.12. The molecule has 1 aromatic rings. The number of hydrogen-bond acceptors (Lipinski definition) is 3. The molecular formula is C19H27ClN2O4. The molecule has 0 aliphatic carbocycles. The average Bonchev–Trinajstić information content (AvgIpc) is 2.51. The van der Waals surface area contributed by atoms with Crippen molar-refractivity contribution in [3.63, 3.8) is 0 Å². The number of nitrogens with one attached hydrogen (secondary N) is 1. The maximum atomic E-state index is 12.8. The van der Waals surface area contributed by atoms with Crippen molar-refractivity contribution in [2.75, 3.05) is 11.9 Å². The zero-order valence-corrected chi connectivity index (χ0v) is 16.7. The van der Waals surface area contributed by atoms with Crippen molar-refractivity contribution in [2.24, 2.45) is 5.41 Å². The van der Waals surface area contributed by atoms with Crippen molar-refractivity contribution >= 4 is 35.1 Å². The molecule has 0 fully saturated rings. The van der Waals surface area contributed by atoms with Gasteiger partial charge in [-0.25, -0.2) is 0 Å². The highest BCUT2D eigenvalue weighted by Crippen LogP contribution is 2.25. The summed E-state index contributed by atoms with van der Waals surface area (Å²) >= 11 is 6.15. The van der Waals surface area contributed by atoms with Crippen molar-refractivity contribution in [3.8, 4) is 0 Å². The van der Waals surface area contributed by atoms with Gasteiger partial charge >= 0.3 is 5.97 Å². The van der Waals surface area contributed by atoms with Gasteiger partial charge in [0.05, 0.1) is 10.6 Å². The first-order valence-corrected chi connectivity index (χ1v) is 8.94. The number of nitrogens with zero attached hydrogens (tertiary/aromatic N) is 1. The molecule has 2 amide bonds. The number of carbonyl (C=O) groups is 3. The molecule has 0 aliphatic heterocycles. The van der Waals surface area contributed by atoms with Crippen LogP contribution in [0.3, 0.4) is 0 Å². The molecular weight excluding hydrogens is 356 g/mol. The van der Waals surface area contributed by atoms with Gasteiger partial charge in [-0.2, -0.15) is 0 Å². The zero-order chi connectivity index (χ0) is 20.1. The molecule has 6 nitrogen and oxygen atoms in total. The van der Waals surface area contributed by atoms with E-state index < -0.39 is 18.4 Å². The minimum absolute atomic E-state index is 0.163. The highest BCUT2D eigenvalue weighted by atomic mass is 35.5. The summed E-state index contributed by atoms with van der Waals surface area (Å²) in [5.41, 5.74) is 0.456. The van der Waals surface area contributed by atoms with Crippen LogP contribution in [0.5, 0.6) is 0 Å². The van der Waals surface area contributed by atoms with Crippen molar-refractivity contribution < 1.29 is 19.5 Å². The second-order valence-electron chi connectivity index (χ2n) is 7.56. The van der Waals surface area contributed by atoms with E-state index in [9.17, 15) is 14.4 Å². The molecule has 0 radical (unpaired) electrons. The molecule has 0 bridgehead atoms. The number of hydrogen-bond donors (Lipinski definition) is 2. The molecule has 1 rings (SSSR count). The minimum atomic E-state index is -1.09. The van der Waals surface area contributed by atoms with Crippen LogP contribution in [0.25, 0.3) is 0 Å². The average molecular weight is 383 g/mol. The van der Waals surface area contributed by atoms with Gasteiger partial charge in [-0.1, -0.05) is 39.3 Å². The van der Waals surface area contributed by atoms with Crippen molar-refractivity contribution in [1.82, 2.24) is 4.90 Å². The first-order chi connectivity index (χ1) is 11.9. The van der Waals surface area contributed by atoms with Gasteiger partial charge in [-0.15, -0.1) is 0 Å². The first kappa shape index (κ1) is 22.0. The van der Waals surface area contributed by atoms with E-state index in [1.165, 1.54) is 17.0 Å². The number of rotatable bonds is 7. The fraction of sp³-hybridized carbons (Fsp3) is 0.526. The largest absolute Gasteiger partial charge is 0.480 e. The van der Waals surface area contributed by atoms with Gasteiger partial charge in [0, 0.05) is 18.2 Å². The molecule has 0 spiro atoms. The second kappa shape index (κ2) is 9.03. The molecule has 0 heterocycles. The predicted molar refractivity (Wildman–Crippen MR) is 103 cm³/mol. The van der Waals surface area contributed by atoms with Gasteiger partial charge in [0.2, 0.25) is 5.91 Å². The van der Waals surface area contributed by atoms with E-state index in [4.69, 9.17) is 16.7 Å². The summed E-state index contributed by atoms with van der Waals surface area (Å²) in [4.78, 5) is 37.3. The van der Waals surface area contributed by atoms with Crippen molar-refractivity contribution in [3.05, 3.63) is 28.8 Å². The molecule has 144 valence electrons. The molecule has 0 saturated heterocycles. The fourth-order valence-corrected chi connectivity index (χ4v) is 2.60. The van der Waals surface area contributed by atoms with E-state index in [0.717, 1.165) is 0 Å². The van der Waals surface area contributed by atoms with E-state index in [2.05, 4.69) is 5.32 Å². The first-order valence-electron chi connectivity index (χ1n) is 8.56. The smallest absolute Gasteiger partial charge is 0.323 e. The number of aliphatic carboxylic acids is 1. The maximum Gasteiger partial charge on any atom is 0.323 e. The highest BCUT2D eigenvalue weighted by Gasteiger charge is 2.25. The van der Waals surface area contributed by atoms with Crippen LogP contribution in [-0.4, -0.2) is 40.4 Å². The van der Waals surface area contributed by atoms with Gasteiger partial charge in [-0.3, -0.25) is 14.4 Å². The summed E-state index contributed by atoms with van der Waals surface area (Å²) in [6.07, 6.45) is 0.940. The lowest BCUT2D eigenvalue weighted by atomic mass is 9.92. The third kappa shape index (κ3) is 6.67. The Hall–Kier alpha value is -2.08. The Morgan fingerprint density at radius 3 is 2.38 bits per heavy atom. The Morgan fingerprint density at radius 2 is 1.88 bits per heavy atom. The van der Waals surface area contributed by atoms with E-state index >= 15 is 0 Å². The van der Waals surface area contributed by atoms with Gasteiger partial charge in [0.1, 0.15) is 6.54 Å². The molecule has 0 unspecified atom stereocenters. The Morgan fingerprint density at radius 1 is 1.27 bits per heavy atom. The third-order valence-corrected chi connectivity index (χ3v) is 4.19. The van der Waals surface area contributed by atoms with E-state index in [1.807, 2.05) is 27.7 Å². The van der Waals surface area contributed by atoms with Gasteiger partial charge in [0.25, 0.3) is 5.91 Å². The Balaban J connectivity index is 3.09. The van der Waals surface area contributed by atoms with Gasteiger partial charge in [0.15, 0.2) is 0 Å². The summed E-state index contributed by atoms with van der Waals surface area (Å²) in [7, 11) is 0. The topological polar surface area (TPSA) is 86.7 Å². The lowest BCUT2D eigenvalue weighted by Gasteiger charge is -2.27. The number of carboxylic acid groups (broad SMARTS) is 1. The Bertz CT molecular complexity index is 683. The van der Waals surface area contributed by atoms with E-state index in [1.54, 1.807) is 13.0 Å². The van der Waals surface area contributed by atoms with Gasteiger partial charge in [-0.05, 0) is 37.0 Å². The normalized spacial score (nSPS) is 12.4. The molecule has 7 heteroatoms. The number of carbonyl (C=O) groups excluding carboxylic acids is 2. The number of anilines is 1. The van der Waals surface area contributed by atoms with E-state index in [0.29, 0.717) is 18.5 Å². The van der Waals surface area contributed by atoms with Crippen LogP contribution < -0.4 is 5.32 Å². The van der Waals surface area contributed by atoms with Crippen LogP contribution >= 0.6 is 11.6 Å². The van der Waals surface area contributed by atoms with Crippen LogP contribution in [0, 0.1) is 5.41 Å². The molecule has 1 aromatic carbocycles. The SMILES string of the molecule is CC[C@@H](C)N(CC(=O)O)C(=O)c1cc(NC(=O)CC(C)(C)C)ccc1Cl. The van der Waals surface area contributed by atoms with Crippen LogP contribution in [0.4, 0.5) is 5.69 Å². The quantitative estimate of drug-likeness (QED) is 0.745. The van der Waals surface area contributed by atoms with E-state index in [-0.39, 0.29) is 28.0 Å². The summed E-state index contributed by atoms with van der Waals surface area (Å²) in [6, 6.07) is 4.37. The predicted octanol–water partition coefficient (Wildman–Crippen LogP) is 4.04. The van der Waals surface area contributed by atoms with Crippen molar-refractivity contribution in [1.29, 1.82) is 0 Å². The number of benzene rings is 1. The van der Waals surface area contributed by atoms with Crippen molar-refractivity contribution in [2.45, 2.75) is 53.5 Å². The lowest BCUT2D eigenvalue weighted by molar-refractivity contribution is -0.138. The third-order valence-electron chi connectivity index (χ3n) is 3.86. The maximum absolute atomic E-state index is 12.8. The van der Waals surface area contributed by atoms with Crippen LogP contribution in [0.1, 0.15) is 57.8 Å². The monoisotopic (exact) mass is 382 g/mol. The molecule has 26 heavy (non-hydrogen) atoms. The van der Waals surface area contributed by atoms with Crippen LogP contribution in [-0.2, 0) is 9.59 Å². The molecule has 1 atom stereocenters. The van der Waals surface area contributed by atoms with Crippen LogP contribution in [0.15, 0.2) is 18.2 Å². The standard InChI is InChI=1S/C19H27ClN2O4/c1-6-12(2)22(11-17(24)25)18(26)14-9-13(7-8-15(14)20)21-16(23)10-19(3,4)5/h7-9,12H,6,10-11H2,1-5H3,(H,21,23)(H,24,25)/t12-/m1/s1. The molecule has 2 N–H and O–H groups in total. The zero-order valence-electron chi connectivity index (χ0n) is 15.9. The number of carboxylic acids is 1. The van der Waals surface area contributed by atoms with Gasteiger partial charge < -0.3 is 15.3 Å². The lowest BCUT2D eigenvalue weighted by Crippen LogP contribution is -2.42. The highest BCUT2D eigenvalue weighted by molar-refractivity contribution is 6.34. The van der Waals surface area contributed by atoms with Crippen LogP contribution in [0.2, 0.25) is 5.02 Å². The second-order valence-corrected chi connectivity index (χ2v) is 7.97. The fourth-order valence-electron chi connectivity index (χ4n) is 2.40. The Labute approximate surface area is 159 Å².